The van der Waals surface area contributed by atoms with Gasteiger partial charge in [0.2, 0.25) is 0 Å². The lowest BCUT2D eigenvalue weighted by Crippen LogP contribution is -2.36. The number of carbonyl (C=O) groups excluding carboxylic acids is 1. The molecule has 0 bridgehead atoms. The Morgan fingerprint density at radius 3 is 2.78 bits per heavy atom. The first-order valence-corrected chi connectivity index (χ1v) is 10.1. The van der Waals surface area contributed by atoms with Gasteiger partial charge >= 0.3 is 0 Å². The molecule has 0 atom stereocenters. The van der Waals surface area contributed by atoms with Gasteiger partial charge in [0.25, 0.3) is 5.91 Å². The number of rotatable bonds is 3. The van der Waals surface area contributed by atoms with E-state index in [0.29, 0.717) is 17.7 Å². The molecule has 2 aromatic rings. The molecule has 1 fully saturated rings. The summed E-state index contributed by atoms with van der Waals surface area (Å²) in [7, 11) is 0. The molecule has 1 amide bonds. The van der Waals surface area contributed by atoms with E-state index in [9.17, 15) is 4.79 Å². The van der Waals surface area contributed by atoms with Crippen LogP contribution >= 0.6 is 0 Å². The van der Waals surface area contributed by atoms with E-state index in [-0.39, 0.29) is 5.91 Å². The highest BCUT2D eigenvalue weighted by molar-refractivity contribution is 6.06. The lowest BCUT2D eigenvalue weighted by Gasteiger charge is -2.30. The lowest BCUT2D eigenvalue weighted by molar-refractivity contribution is 0.0979. The van der Waals surface area contributed by atoms with Crippen LogP contribution in [0, 0.1) is 6.92 Å². The van der Waals surface area contributed by atoms with Crippen LogP contribution in [0.4, 0.5) is 5.69 Å². The highest BCUT2D eigenvalue weighted by Gasteiger charge is 2.29. The molecule has 1 aromatic carbocycles. The van der Waals surface area contributed by atoms with Gasteiger partial charge in [-0.05, 0) is 68.8 Å². The molecule has 3 heterocycles. The zero-order chi connectivity index (χ0) is 19.0. The minimum Gasteiger partial charge on any atom is -0.317 e. The second-order valence-corrected chi connectivity index (χ2v) is 8.05. The van der Waals surface area contributed by atoms with E-state index in [0.717, 1.165) is 56.7 Å². The number of aromatic nitrogens is 3. The van der Waals surface area contributed by atoms with Gasteiger partial charge in [0, 0.05) is 12.2 Å². The molecule has 0 unspecified atom stereocenters. The SMILES string of the molecule is Cc1c(C(=O)N2CCCc3cc(C(C)C)ccc32)nnn1C1CCNCC1. The summed E-state index contributed by atoms with van der Waals surface area (Å²) in [5.41, 5.74) is 5.01. The standard InChI is InChI=1S/C21H29N5O/c1-14(2)16-6-7-19-17(13-16)5-4-12-25(19)21(27)20-15(3)26(24-23-20)18-8-10-22-11-9-18/h6-7,13-14,18,22H,4-5,8-12H2,1-3H3. The van der Waals surface area contributed by atoms with Gasteiger partial charge in [-0.15, -0.1) is 5.10 Å². The van der Waals surface area contributed by atoms with Crippen molar-refractivity contribution in [3.05, 3.63) is 40.7 Å². The van der Waals surface area contributed by atoms with Gasteiger partial charge in [-0.25, -0.2) is 4.68 Å². The number of aryl methyl sites for hydroxylation is 1. The highest BCUT2D eigenvalue weighted by atomic mass is 16.2. The Hall–Kier alpha value is -2.21. The number of amides is 1. The molecule has 0 spiro atoms. The molecule has 2 aliphatic rings. The molecule has 6 heteroatoms. The Morgan fingerprint density at radius 2 is 2.04 bits per heavy atom. The predicted molar refractivity (Wildman–Crippen MR) is 106 cm³/mol. The maximum absolute atomic E-state index is 13.3. The molecule has 0 aliphatic carbocycles. The smallest absolute Gasteiger partial charge is 0.280 e. The Bertz CT molecular complexity index is 835. The van der Waals surface area contributed by atoms with Crippen molar-refractivity contribution >= 4 is 11.6 Å². The van der Waals surface area contributed by atoms with Crippen molar-refractivity contribution in [2.24, 2.45) is 0 Å². The molecule has 4 rings (SSSR count). The lowest BCUT2D eigenvalue weighted by atomic mass is 9.94. The summed E-state index contributed by atoms with van der Waals surface area (Å²) in [5.74, 6) is 0.472. The van der Waals surface area contributed by atoms with Crippen molar-refractivity contribution in [1.29, 1.82) is 0 Å². The van der Waals surface area contributed by atoms with Gasteiger partial charge in [-0.1, -0.05) is 31.2 Å². The summed E-state index contributed by atoms with van der Waals surface area (Å²) in [6.45, 7) is 9.11. The number of carbonyl (C=O) groups is 1. The first-order chi connectivity index (χ1) is 13.1. The molecule has 0 radical (unpaired) electrons. The van der Waals surface area contributed by atoms with Crippen molar-refractivity contribution in [2.75, 3.05) is 24.5 Å². The van der Waals surface area contributed by atoms with Gasteiger partial charge in [-0.3, -0.25) is 4.79 Å². The van der Waals surface area contributed by atoms with Crippen molar-refractivity contribution in [1.82, 2.24) is 20.3 Å². The van der Waals surface area contributed by atoms with Gasteiger partial charge in [0.15, 0.2) is 5.69 Å². The van der Waals surface area contributed by atoms with E-state index in [2.05, 4.69) is 47.7 Å². The third-order valence-corrected chi connectivity index (χ3v) is 5.92. The average molecular weight is 367 g/mol. The van der Waals surface area contributed by atoms with Gasteiger partial charge in [-0.2, -0.15) is 0 Å². The van der Waals surface area contributed by atoms with Crippen molar-refractivity contribution in [3.63, 3.8) is 0 Å². The van der Waals surface area contributed by atoms with Crippen LogP contribution in [0.2, 0.25) is 0 Å². The minimum atomic E-state index is -0.0223. The summed E-state index contributed by atoms with van der Waals surface area (Å²) in [5, 5.41) is 12.0. The second-order valence-electron chi connectivity index (χ2n) is 8.05. The number of fused-ring (bicyclic) bond motifs is 1. The van der Waals surface area contributed by atoms with E-state index < -0.39 is 0 Å². The summed E-state index contributed by atoms with van der Waals surface area (Å²) < 4.78 is 1.96. The predicted octanol–water partition coefficient (Wildman–Crippen LogP) is 3.23. The number of hydrogen-bond donors (Lipinski definition) is 1. The van der Waals surface area contributed by atoms with E-state index in [1.807, 2.05) is 16.5 Å². The molecule has 1 N–H and O–H groups in total. The molecule has 27 heavy (non-hydrogen) atoms. The van der Waals surface area contributed by atoms with Gasteiger partial charge in [0.1, 0.15) is 0 Å². The fraction of sp³-hybridized carbons (Fsp3) is 0.571. The van der Waals surface area contributed by atoms with Crippen LogP contribution in [0.3, 0.4) is 0 Å². The zero-order valence-electron chi connectivity index (χ0n) is 16.5. The molecule has 1 aromatic heterocycles. The van der Waals surface area contributed by atoms with E-state index in [1.54, 1.807) is 0 Å². The zero-order valence-corrected chi connectivity index (χ0v) is 16.5. The fourth-order valence-electron chi connectivity index (χ4n) is 4.25. The summed E-state index contributed by atoms with van der Waals surface area (Å²) >= 11 is 0. The number of piperidine rings is 1. The Labute approximate surface area is 160 Å². The van der Waals surface area contributed by atoms with Crippen LogP contribution in [0.1, 0.15) is 72.4 Å². The van der Waals surface area contributed by atoms with Crippen LogP contribution in [0.15, 0.2) is 18.2 Å². The third kappa shape index (κ3) is 3.38. The van der Waals surface area contributed by atoms with Crippen LogP contribution in [-0.4, -0.2) is 40.5 Å². The summed E-state index contributed by atoms with van der Waals surface area (Å²) in [6, 6.07) is 6.85. The van der Waals surface area contributed by atoms with Crippen LogP contribution in [0.25, 0.3) is 0 Å². The second kappa shape index (κ2) is 7.43. The molecule has 2 aliphatic heterocycles. The quantitative estimate of drug-likeness (QED) is 0.905. The van der Waals surface area contributed by atoms with Crippen LogP contribution < -0.4 is 10.2 Å². The monoisotopic (exact) mass is 367 g/mol. The average Bonchev–Trinajstić information content (AvgIpc) is 3.08. The van der Waals surface area contributed by atoms with Gasteiger partial charge in [0.05, 0.1) is 11.7 Å². The number of benzene rings is 1. The molecule has 1 saturated heterocycles. The van der Waals surface area contributed by atoms with E-state index in [1.165, 1.54) is 11.1 Å². The van der Waals surface area contributed by atoms with Gasteiger partial charge < -0.3 is 10.2 Å². The van der Waals surface area contributed by atoms with E-state index >= 15 is 0 Å². The fourth-order valence-corrected chi connectivity index (χ4v) is 4.25. The maximum atomic E-state index is 13.3. The number of nitrogens with one attached hydrogen (secondary N) is 1. The van der Waals surface area contributed by atoms with Crippen LogP contribution in [0.5, 0.6) is 0 Å². The first kappa shape index (κ1) is 18.2. The van der Waals surface area contributed by atoms with E-state index in [4.69, 9.17) is 0 Å². The summed E-state index contributed by atoms with van der Waals surface area (Å²) in [6.07, 6.45) is 4.08. The Balaban J connectivity index is 1.62. The molecular formula is C21H29N5O. The van der Waals surface area contributed by atoms with Crippen LogP contribution in [-0.2, 0) is 6.42 Å². The third-order valence-electron chi connectivity index (χ3n) is 5.92. The Kier molecular flexibility index (Phi) is 5.00. The molecule has 144 valence electrons. The normalized spacial score (nSPS) is 18.0. The largest absolute Gasteiger partial charge is 0.317 e. The molecular weight excluding hydrogens is 338 g/mol. The maximum Gasteiger partial charge on any atom is 0.280 e. The highest BCUT2D eigenvalue weighted by Crippen LogP contribution is 2.31. The molecule has 0 saturated carbocycles. The number of anilines is 1. The van der Waals surface area contributed by atoms with Crippen molar-refractivity contribution < 1.29 is 4.79 Å². The number of nitrogens with zero attached hydrogens (tertiary/aromatic N) is 4. The van der Waals surface area contributed by atoms with Crippen molar-refractivity contribution in [2.45, 2.75) is 58.4 Å². The Morgan fingerprint density at radius 1 is 1.26 bits per heavy atom. The van der Waals surface area contributed by atoms with Crippen molar-refractivity contribution in [3.8, 4) is 0 Å². The minimum absolute atomic E-state index is 0.0223. The first-order valence-electron chi connectivity index (χ1n) is 10.1. The molecule has 6 nitrogen and oxygen atoms in total. The summed E-state index contributed by atoms with van der Waals surface area (Å²) in [4.78, 5) is 15.2. The number of hydrogen-bond acceptors (Lipinski definition) is 4. The topological polar surface area (TPSA) is 63.1 Å².